The minimum atomic E-state index is -0.0306. The van der Waals surface area contributed by atoms with Crippen LogP contribution in [0.25, 0.3) is 0 Å². The van der Waals surface area contributed by atoms with E-state index in [0.29, 0.717) is 5.75 Å². The van der Waals surface area contributed by atoms with E-state index in [9.17, 15) is 4.79 Å². The third-order valence-corrected chi connectivity index (χ3v) is 4.23. The molecule has 1 heterocycles. The SMILES string of the molecule is CCCCCn1cnnc1SCC(=O)Nc1ccc(C)cc1. The number of carbonyl (C=O) groups is 1. The molecule has 2 aromatic rings. The number of hydrogen-bond donors (Lipinski definition) is 1. The molecule has 0 saturated heterocycles. The maximum absolute atomic E-state index is 12.0. The highest BCUT2D eigenvalue weighted by molar-refractivity contribution is 7.99. The molecule has 0 saturated carbocycles. The average molecular weight is 318 g/mol. The van der Waals surface area contributed by atoms with Crippen molar-refractivity contribution in [3.8, 4) is 0 Å². The number of nitrogens with one attached hydrogen (secondary N) is 1. The average Bonchev–Trinajstić information content (AvgIpc) is 2.95. The predicted octanol–water partition coefficient (Wildman–Crippen LogP) is 3.51. The second-order valence-electron chi connectivity index (χ2n) is 5.22. The Morgan fingerprint density at radius 1 is 1.27 bits per heavy atom. The summed E-state index contributed by atoms with van der Waals surface area (Å²) in [5.41, 5.74) is 1.99. The molecular weight excluding hydrogens is 296 g/mol. The van der Waals surface area contributed by atoms with Crippen LogP contribution in [0, 0.1) is 6.92 Å². The van der Waals surface area contributed by atoms with Gasteiger partial charge in [-0.1, -0.05) is 49.2 Å². The molecule has 118 valence electrons. The molecule has 1 aromatic carbocycles. The van der Waals surface area contributed by atoms with Crippen molar-refractivity contribution in [3.63, 3.8) is 0 Å². The zero-order valence-electron chi connectivity index (χ0n) is 13.1. The first-order chi connectivity index (χ1) is 10.7. The molecule has 1 amide bonds. The normalized spacial score (nSPS) is 10.6. The number of thioether (sulfide) groups is 1. The van der Waals surface area contributed by atoms with Crippen molar-refractivity contribution in [1.29, 1.82) is 0 Å². The number of amides is 1. The Hall–Kier alpha value is -1.82. The monoisotopic (exact) mass is 318 g/mol. The first kappa shape index (κ1) is 16.5. The van der Waals surface area contributed by atoms with Crippen LogP contribution in [-0.2, 0) is 11.3 Å². The number of anilines is 1. The van der Waals surface area contributed by atoms with Crippen LogP contribution in [0.1, 0.15) is 31.7 Å². The molecule has 22 heavy (non-hydrogen) atoms. The topological polar surface area (TPSA) is 59.8 Å². The van der Waals surface area contributed by atoms with Gasteiger partial charge in [0.25, 0.3) is 0 Å². The Balaban J connectivity index is 1.81. The molecule has 5 nitrogen and oxygen atoms in total. The first-order valence-corrected chi connectivity index (χ1v) is 8.54. The summed E-state index contributed by atoms with van der Waals surface area (Å²) in [6.07, 6.45) is 5.22. The molecule has 0 radical (unpaired) electrons. The Kier molecular flexibility index (Phi) is 6.45. The van der Waals surface area contributed by atoms with Gasteiger partial charge < -0.3 is 9.88 Å². The van der Waals surface area contributed by atoms with Gasteiger partial charge in [0.05, 0.1) is 5.75 Å². The second-order valence-corrected chi connectivity index (χ2v) is 6.16. The lowest BCUT2D eigenvalue weighted by atomic mass is 10.2. The largest absolute Gasteiger partial charge is 0.325 e. The van der Waals surface area contributed by atoms with Gasteiger partial charge in [-0.3, -0.25) is 4.79 Å². The van der Waals surface area contributed by atoms with Gasteiger partial charge in [-0.25, -0.2) is 0 Å². The van der Waals surface area contributed by atoms with E-state index in [1.165, 1.54) is 30.2 Å². The van der Waals surface area contributed by atoms with E-state index < -0.39 is 0 Å². The number of benzene rings is 1. The zero-order valence-corrected chi connectivity index (χ0v) is 13.9. The number of unbranched alkanes of at least 4 members (excludes halogenated alkanes) is 2. The quantitative estimate of drug-likeness (QED) is 0.598. The van der Waals surface area contributed by atoms with Gasteiger partial charge >= 0.3 is 0 Å². The van der Waals surface area contributed by atoms with Crippen molar-refractivity contribution >= 4 is 23.4 Å². The molecule has 0 aliphatic rings. The summed E-state index contributed by atoms with van der Waals surface area (Å²) in [4.78, 5) is 12.0. The Morgan fingerprint density at radius 3 is 2.77 bits per heavy atom. The molecule has 0 aliphatic carbocycles. The number of hydrogen-bond acceptors (Lipinski definition) is 4. The number of aryl methyl sites for hydroxylation is 2. The highest BCUT2D eigenvalue weighted by Crippen LogP contribution is 2.16. The molecule has 2 rings (SSSR count). The first-order valence-electron chi connectivity index (χ1n) is 7.56. The van der Waals surface area contributed by atoms with Gasteiger partial charge in [-0.2, -0.15) is 0 Å². The Morgan fingerprint density at radius 2 is 2.05 bits per heavy atom. The lowest BCUT2D eigenvalue weighted by Crippen LogP contribution is -2.14. The molecule has 0 fully saturated rings. The summed E-state index contributed by atoms with van der Waals surface area (Å²) >= 11 is 1.42. The van der Waals surface area contributed by atoms with Crippen molar-refractivity contribution in [1.82, 2.24) is 14.8 Å². The summed E-state index contributed by atoms with van der Waals surface area (Å²) < 4.78 is 2.01. The van der Waals surface area contributed by atoms with Crippen LogP contribution in [-0.4, -0.2) is 26.4 Å². The molecule has 1 aromatic heterocycles. The fourth-order valence-corrected chi connectivity index (χ4v) is 2.75. The van der Waals surface area contributed by atoms with Crippen molar-refractivity contribution in [2.24, 2.45) is 0 Å². The van der Waals surface area contributed by atoms with E-state index >= 15 is 0 Å². The molecular formula is C16H22N4OS. The predicted molar refractivity (Wildman–Crippen MR) is 90.1 cm³/mol. The summed E-state index contributed by atoms with van der Waals surface area (Å²) in [7, 11) is 0. The van der Waals surface area contributed by atoms with Crippen LogP contribution < -0.4 is 5.32 Å². The van der Waals surface area contributed by atoms with Gasteiger partial charge in [-0.15, -0.1) is 10.2 Å². The van der Waals surface area contributed by atoms with E-state index in [4.69, 9.17) is 0 Å². The number of rotatable bonds is 8. The fourth-order valence-electron chi connectivity index (χ4n) is 2.01. The molecule has 0 atom stereocenters. The molecule has 0 unspecified atom stereocenters. The van der Waals surface area contributed by atoms with Crippen molar-refractivity contribution in [2.75, 3.05) is 11.1 Å². The lowest BCUT2D eigenvalue weighted by molar-refractivity contribution is -0.113. The van der Waals surface area contributed by atoms with E-state index in [-0.39, 0.29) is 5.91 Å². The van der Waals surface area contributed by atoms with Crippen LogP contribution in [0.3, 0.4) is 0 Å². The summed E-state index contributed by atoms with van der Waals surface area (Å²) in [6.45, 7) is 5.10. The van der Waals surface area contributed by atoms with Crippen molar-refractivity contribution in [3.05, 3.63) is 36.2 Å². The summed E-state index contributed by atoms with van der Waals surface area (Å²) in [5.74, 6) is 0.303. The Labute approximate surface area is 135 Å². The maximum atomic E-state index is 12.0. The summed E-state index contributed by atoms with van der Waals surface area (Å²) in [6, 6.07) is 7.77. The lowest BCUT2D eigenvalue weighted by Gasteiger charge is -2.07. The smallest absolute Gasteiger partial charge is 0.234 e. The van der Waals surface area contributed by atoms with Crippen LogP contribution in [0.4, 0.5) is 5.69 Å². The van der Waals surface area contributed by atoms with E-state index in [1.54, 1.807) is 6.33 Å². The fraction of sp³-hybridized carbons (Fsp3) is 0.438. The molecule has 1 N–H and O–H groups in total. The van der Waals surface area contributed by atoms with Gasteiger partial charge in [0.1, 0.15) is 6.33 Å². The van der Waals surface area contributed by atoms with E-state index in [0.717, 1.165) is 23.8 Å². The number of aromatic nitrogens is 3. The minimum Gasteiger partial charge on any atom is -0.325 e. The zero-order chi connectivity index (χ0) is 15.8. The maximum Gasteiger partial charge on any atom is 0.234 e. The molecule has 0 aliphatic heterocycles. The highest BCUT2D eigenvalue weighted by atomic mass is 32.2. The van der Waals surface area contributed by atoms with Crippen LogP contribution >= 0.6 is 11.8 Å². The van der Waals surface area contributed by atoms with Gasteiger partial charge in [0.2, 0.25) is 5.91 Å². The highest BCUT2D eigenvalue weighted by Gasteiger charge is 2.09. The second kappa shape index (κ2) is 8.58. The van der Waals surface area contributed by atoms with Gasteiger partial charge in [0, 0.05) is 12.2 Å². The van der Waals surface area contributed by atoms with Crippen LogP contribution in [0.5, 0.6) is 0 Å². The third-order valence-electron chi connectivity index (χ3n) is 3.25. The third kappa shape index (κ3) is 5.18. The minimum absolute atomic E-state index is 0.0306. The van der Waals surface area contributed by atoms with Gasteiger partial charge in [0.15, 0.2) is 5.16 Å². The van der Waals surface area contributed by atoms with Crippen molar-refractivity contribution < 1.29 is 4.79 Å². The van der Waals surface area contributed by atoms with Crippen LogP contribution in [0.2, 0.25) is 0 Å². The van der Waals surface area contributed by atoms with E-state index in [2.05, 4.69) is 22.4 Å². The number of nitrogens with zero attached hydrogens (tertiary/aromatic N) is 3. The van der Waals surface area contributed by atoms with Crippen LogP contribution in [0.15, 0.2) is 35.7 Å². The summed E-state index contributed by atoms with van der Waals surface area (Å²) in [5, 5.41) is 11.7. The molecule has 6 heteroatoms. The van der Waals surface area contributed by atoms with Gasteiger partial charge in [-0.05, 0) is 25.5 Å². The molecule has 0 spiro atoms. The Bertz CT molecular complexity index is 594. The van der Waals surface area contributed by atoms with E-state index in [1.807, 2.05) is 35.8 Å². The number of carbonyl (C=O) groups excluding carboxylic acids is 1. The molecule has 0 bridgehead atoms. The van der Waals surface area contributed by atoms with Crippen molar-refractivity contribution in [2.45, 2.75) is 44.8 Å². The standard InChI is InChI=1S/C16H22N4OS/c1-3-4-5-10-20-12-17-19-16(20)22-11-15(21)18-14-8-6-13(2)7-9-14/h6-9,12H,3-5,10-11H2,1-2H3,(H,18,21).